The zero-order valence-corrected chi connectivity index (χ0v) is 10.3. The zero-order valence-electron chi connectivity index (χ0n) is 10.3. The second-order valence-corrected chi connectivity index (χ2v) is 4.61. The lowest BCUT2D eigenvalue weighted by molar-refractivity contribution is 0.195. The lowest BCUT2D eigenvalue weighted by Gasteiger charge is -2.27. The second kappa shape index (κ2) is 5.46. The molecular weight excluding hydrogens is 200 g/mol. The molecule has 0 spiro atoms. The molecule has 1 aromatic rings. The summed E-state index contributed by atoms with van der Waals surface area (Å²) in [6, 6.07) is 0.704. The van der Waals surface area contributed by atoms with Gasteiger partial charge in [-0.25, -0.2) is 4.98 Å². The van der Waals surface area contributed by atoms with E-state index < -0.39 is 0 Å². The van der Waals surface area contributed by atoms with Crippen molar-refractivity contribution in [1.82, 2.24) is 19.8 Å². The average Bonchev–Trinajstić information content (AvgIpc) is 2.90. The molecule has 0 radical (unpaired) electrons. The van der Waals surface area contributed by atoms with Gasteiger partial charge < -0.3 is 9.88 Å². The maximum atomic E-state index is 4.18. The van der Waals surface area contributed by atoms with Crippen LogP contribution in [0, 0.1) is 0 Å². The molecule has 4 nitrogen and oxygen atoms in total. The van der Waals surface area contributed by atoms with Crippen molar-refractivity contribution in [2.75, 3.05) is 19.6 Å². The Morgan fingerprint density at radius 3 is 3.06 bits per heavy atom. The maximum Gasteiger partial charge on any atom is 0.0945 e. The Morgan fingerprint density at radius 1 is 1.62 bits per heavy atom. The van der Waals surface area contributed by atoms with E-state index in [1.54, 1.807) is 0 Å². The molecule has 16 heavy (non-hydrogen) atoms. The molecule has 1 fully saturated rings. The molecule has 0 aromatic carbocycles. The van der Waals surface area contributed by atoms with Crippen LogP contribution in [0.1, 0.15) is 25.5 Å². The minimum Gasteiger partial charge on any atom is -0.337 e. The first-order valence-electron chi connectivity index (χ1n) is 6.21. The Balaban J connectivity index is 1.99. The summed E-state index contributed by atoms with van der Waals surface area (Å²) in [4.78, 5) is 6.76. The van der Waals surface area contributed by atoms with Gasteiger partial charge in [0.05, 0.1) is 12.0 Å². The summed E-state index contributed by atoms with van der Waals surface area (Å²) in [6.45, 7) is 6.75. The molecule has 1 atom stereocenters. The predicted octanol–water partition coefficient (Wildman–Crippen LogP) is 0.994. The minimum absolute atomic E-state index is 0.704. The number of hydrogen-bond acceptors (Lipinski definition) is 3. The highest BCUT2D eigenvalue weighted by atomic mass is 15.2. The first kappa shape index (κ1) is 11.6. The zero-order chi connectivity index (χ0) is 11.4. The van der Waals surface area contributed by atoms with Crippen molar-refractivity contribution in [2.24, 2.45) is 7.05 Å². The van der Waals surface area contributed by atoms with Gasteiger partial charge in [0, 0.05) is 32.4 Å². The van der Waals surface area contributed by atoms with Gasteiger partial charge in [0.2, 0.25) is 0 Å². The van der Waals surface area contributed by atoms with Crippen LogP contribution < -0.4 is 5.32 Å². The van der Waals surface area contributed by atoms with Crippen molar-refractivity contribution in [1.29, 1.82) is 0 Å². The molecule has 1 aliphatic heterocycles. The first-order valence-corrected chi connectivity index (χ1v) is 6.21. The van der Waals surface area contributed by atoms with Crippen LogP contribution >= 0.6 is 0 Å². The molecule has 0 saturated carbocycles. The summed E-state index contributed by atoms with van der Waals surface area (Å²) in [5.41, 5.74) is 1.31. The first-order chi connectivity index (χ1) is 7.81. The van der Waals surface area contributed by atoms with Gasteiger partial charge in [-0.05, 0) is 25.9 Å². The van der Waals surface area contributed by atoms with Crippen LogP contribution in [0.15, 0.2) is 12.5 Å². The van der Waals surface area contributed by atoms with Crippen LogP contribution in [-0.4, -0.2) is 40.1 Å². The van der Waals surface area contributed by atoms with Gasteiger partial charge in [-0.15, -0.1) is 0 Å². The molecule has 1 aliphatic rings. The molecule has 1 unspecified atom stereocenters. The number of nitrogens with zero attached hydrogens (tertiary/aromatic N) is 3. The van der Waals surface area contributed by atoms with Crippen molar-refractivity contribution in [3.63, 3.8) is 0 Å². The fourth-order valence-corrected chi connectivity index (χ4v) is 2.37. The van der Waals surface area contributed by atoms with Crippen LogP contribution in [0.5, 0.6) is 0 Å². The Kier molecular flexibility index (Phi) is 3.96. The number of hydrogen-bond donors (Lipinski definition) is 1. The fraction of sp³-hybridized carbons (Fsp3) is 0.750. The standard InChI is InChI=1S/C12H22N4/c1-3-6-16(11-4-5-13-7-11)9-12-8-14-10-15(12)2/h8,10-11,13H,3-7,9H2,1-2H3. The van der Waals surface area contributed by atoms with Crippen LogP contribution in [0.4, 0.5) is 0 Å². The molecule has 0 aliphatic carbocycles. The Morgan fingerprint density at radius 2 is 2.50 bits per heavy atom. The van der Waals surface area contributed by atoms with E-state index in [1.165, 1.54) is 25.1 Å². The van der Waals surface area contributed by atoms with Crippen molar-refractivity contribution in [3.8, 4) is 0 Å². The normalized spacial score (nSPS) is 20.8. The summed E-state index contributed by atoms with van der Waals surface area (Å²) < 4.78 is 2.12. The van der Waals surface area contributed by atoms with Crippen molar-refractivity contribution < 1.29 is 0 Å². The Labute approximate surface area is 97.7 Å². The lowest BCUT2D eigenvalue weighted by atomic mass is 10.2. The molecule has 90 valence electrons. The summed E-state index contributed by atoms with van der Waals surface area (Å²) in [7, 11) is 2.07. The highest BCUT2D eigenvalue weighted by Crippen LogP contribution is 2.13. The monoisotopic (exact) mass is 222 g/mol. The van der Waals surface area contributed by atoms with Gasteiger partial charge in [0.15, 0.2) is 0 Å². The van der Waals surface area contributed by atoms with E-state index in [1.807, 2.05) is 12.5 Å². The van der Waals surface area contributed by atoms with Gasteiger partial charge in [-0.3, -0.25) is 4.90 Å². The number of rotatable bonds is 5. The van der Waals surface area contributed by atoms with E-state index >= 15 is 0 Å². The average molecular weight is 222 g/mol. The SMILES string of the molecule is CCCN(Cc1cncn1C)C1CCNC1. The van der Waals surface area contributed by atoms with E-state index in [-0.39, 0.29) is 0 Å². The summed E-state index contributed by atoms with van der Waals surface area (Å²) in [6.07, 6.45) is 6.35. The van der Waals surface area contributed by atoms with E-state index in [4.69, 9.17) is 0 Å². The summed E-state index contributed by atoms with van der Waals surface area (Å²) in [5.74, 6) is 0. The quantitative estimate of drug-likeness (QED) is 0.806. The highest BCUT2D eigenvalue weighted by Gasteiger charge is 2.22. The largest absolute Gasteiger partial charge is 0.337 e. The van der Waals surface area contributed by atoms with Gasteiger partial charge in [0.25, 0.3) is 0 Å². The van der Waals surface area contributed by atoms with E-state index in [0.717, 1.165) is 19.6 Å². The Hall–Kier alpha value is -0.870. The topological polar surface area (TPSA) is 33.1 Å². The third-order valence-electron chi connectivity index (χ3n) is 3.34. The Bertz CT molecular complexity index is 315. The molecule has 1 N–H and O–H groups in total. The highest BCUT2D eigenvalue weighted by molar-refractivity contribution is 4.98. The second-order valence-electron chi connectivity index (χ2n) is 4.61. The third-order valence-corrected chi connectivity index (χ3v) is 3.34. The van der Waals surface area contributed by atoms with Gasteiger partial charge in [0.1, 0.15) is 0 Å². The smallest absolute Gasteiger partial charge is 0.0945 e. The fourth-order valence-electron chi connectivity index (χ4n) is 2.37. The van der Waals surface area contributed by atoms with Crippen molar-refractivity contribution in [2.45, 2.75) is 32.4 Å². The van der Waals surface area contributed by atoms with E-state index in [0.29, 0.717) is 6.04 Å². The molecular formula is C12H22N4. The van der Waals surface area contributed by atoms with Crippen LogP contribution in [-0.2, 0) is 13.6 Å². The molecule has 0 amide bonds. The van der Waals surface area contributed by atoms with Gasteiger partial charge >= 0.3 is 0 Å². The van der Waals surface area contributed by atoms with Crippen molar-refractivity contribution in [3.05, 3.63) is 18.2 Å². The van der Waals surface area contributed by atoms with E-state index in [2.05, 4.69) is 33.7 Å². The predicted molar refractivity (Wildman–Crippen MR) is 65.2 cm³/mol. The molecule has 2 rings (SSSR count). The molecule has 2 heterocycles. The van der Waals surface area contributed by atoms with E-state index in [9.17, 15) is 0 Å². The van der Waals surface area contributed by atoms with Crippen LogP contribution in [0.3, 0.4) is 0 Å². The molecule has 0 bridgehead atoms. The molecule has 4 heteroatoms. The molecule has 1 saturated heterocycles. The van der Waals surface area contributed by atoms with Crippen LogP contribution in [0.2, 0.25) is 0 Å². The van der Waals surface area contributed by atoms with Gasteiger partial charge in [-0.1, -0.05) is 6.92 Å². The third kappa shape index (κ3) is 2.62. The number of aromatic nitrogens is 2. The minimum atomic E-state index is 0.704. The molecule has 1 aromatic heterocycles. The lowest BCUT2D eigenvalue weighted by Crippen LogP contribution is -2.37. The number of aryl methyl sites for hydroxylation is 1. The number of nitrogens with one attached hydrogen (secondary N) is 1. The summed E-state index contributed by atoms with van der Waals surface area (Å²) in [5, 5.41) is 3.44. The van der Waals surface area contributed by atoms with Crippen LogP contribution in [0.25, 0.3) is 0 Å². The number of imidazole rings is 1. The van der Waals surface area contributed by atoms with Crippen molar-refractivity contribution >= 4 is 0 Å². The van der Waals surface area contributed by atoms with Gasteiger partial charge in [-0.2, -0.15) is 0 Å². The maximum absolute atomic E-state index is 4.18. The summed E-state index contributed by atoms with van der Waals surface area (Å²) >= 11 is 0.